The molecule has 4 unspecified atom stereocenters. The maximum atomic E-state index is 14.0. The highest BCUT2D eigenvalue weighted by Crippen LogP contribution is 2.49. The van der Waals surface area contributed by atoms with Crippen molar-refractivity contribution in [2.24, 2.45) is 5.92 Å². The largest absolute Gasteiger partial charge is 0.508 e. The molecule has 3 saturated heterocycles. The van der Waals surface area contributed by atoms with E-state index >= 15 is 0 Å². The Balaban J connectivity index is 1.14. The summed E-state index contributed by atoms with van der Waals surface area (Å²) in [5.41, 5.74) is 3.18. The highest BCUT2D eigenvalue weighted by Gasteiger charge is 2.51. The van der Waals surface area contributed by atoms with Gasteiger partial charge in [-0.05, 0) is 65.4 Å². The molecule has 13 atom stereocenters. The number of para-hydroxylation sites is 1. The first-order valence-electron chi connectivity index (χ1n) is 18.7. The van der Waals surface area contributed by atoms with E-state index in [0.717, 1.165) is 0 Å². The third kappa shape index (κ3) is 7.96. The molecule has 58 heavy (non-hydrogen) atoms. The number of aliphatic hydroxyl groups excluding tert-OH is 7. The zero-order valence-corrected chi connectivity index (χ0v) is 30.8. The Morgan fingerprint density at radius 3 is 2.07 bits per heavy atom. The number of phenols is 1. The number of amides is 1. The number of benzene rings is 4. The second-order valence-corrected chi connectivity index (χ2v) is 14.7. The number of aromatic hydroxyl groups is 1. The predicted octanol–water partition coefficient (Wildman–Crippen LogP) is 1.85. The molecule has 3 aliphatic rings. The molecule has 3 fully saturated rings. The summed E-state index contributed by atoms with van der Waals surface area (Å²) in [4.78, 5) is 27.2. The molecular weight excluding hydrogens is 761 g/mol. The fraction of sp³-hybridized carbons (Fsp3) is 0.381. The number of anilines is 1. The molecule has 9 N–H and O–H groups in total. The van der Waals surface area contributed by atoms with Crippen LogP contribution < -0.4 is 4.90 Å². The minimum atomic E-state index is -1.94. The summed E-state index contributed by atoms with van der Waals surface area (Å²) in [7, 11) is 0. The number of aliphatic hydroxyl groups is 7. The summed E-state index contributed by atoms with van der Waals surface area (Å²) in [6.45, 7) is -0.561. The number of rotatable bonds is 12. The molecule has 15 nitrogen and oxygen atoms in total. The van der Waals surface area contributed by atoms with Gasteiger partial charge >= 0.3 is 5.97 Å². The average Bonchev–Trinajstić information content (AvgIpc) is 3.22. The summed E-state index contributed by atoms with van der Waals surface area (Å²) >= 11 is 0. The van der Waals surface area contributed by atoms with Gasteiger partial charge in [0.2, 0.25) is 5.91 Å². The molecule has 0 aromatic heterocycles. The maximum absolute atomic E-state index is 14.0. The minimum Gasteiger partial charge on any atom is -0.508 e. The van der Waals surface area contributed by atoms with Crippen molar-refractivity contribution in [1.29, 1.82) is 0 Å². The van der Waals surface area contributed by atoms with Crippen molar-refractivity contribution in [3.63, 3.8) is 0 Å². The minimum absolute atomic E-state index is 0.0593. The molecule has 1 amide bonds. The van der Waals surface area contributed by atoms with Crippen molar-refractivity contribution in [1.82, 2.24) is 0 Å². The Morgan fingerprint density at radius 1 is 0.776 bits per heavy atom. The van der Waals surface area contributed by atoms with E-state index in [2.05, 4.69) is 0 Å². The maximum Gasteiger partial charge on any atom is 0.335 e. The summed E-state index contributed by atoms with van der Waals surface area (Å²) in [5, 5.41) is 92.9. The zero-order valence-electron chi connectivity index (χ0n) is 30.8. The Labute approximate surface area is 331 Å². The standard InChI is InChI=1S/C42H44FNO14/c43-24-13-10-21(11-14-24)29(57-42-37(52)34(49)36(51)39(58-42)41(54)55)17-16-27-31(44(40(27)53)25-4-2-1-3-5-25)26-15-12-23(18-28(26)46)20-6-8-22(9-7-20)38-35(50)33(48)32(47)30(19-45)56-38/h1-15,18,27,29-39,42,45-52H,16-17,19H2,(H,54,55)/t27-,29+,30-,31-,32-,33+,34?,35-,36+,37?,38?,39?,42-/m1/s1. The molecule has 0 bridgehead atoms. The summed E-state index contributed by atoms with van der Waals surface area (Å²) in [6, 6.07) is 25.2. The number of phenolic OH excluding ortho intramolecular Hbond substituents is 1. The lowest BCUT2D eigenvalue weighted by atomic mass is 9.77. The van der Waals surface area contributed by atoms with Crippen LogP contribution in [0.4, 0.5) is 10.1 Å². The number of halogens is 1. The fourth-order valence-electron chi connectivity index (χ4n) is 7.93. The number of carboxylic acid groups (broad SMARTS) is 1. The lowest BCUT2D eigenvalue weighted by molar-refractivity contribution is -0.306. The molecule has 3 heterocycles. The van der Waals surface area contributed by atoms with E-state index in [9.17, 15) is 59.9 Å². The number of hydrogen-bond donors (Lipinski definition) is 9. The SMILES string of the molecule is O=C(O)C1O[C@@H](O[C@@H](CC[C@H]2C(=O)N(c3ccccc3)[C@@H]2c2ccc(-c3ccc(C4O[C@H](CO)[C@@H](O)[C@H](O)[C@H]4O)cc3)cc2O)c2ccc(F)cc2)C(O)C(O)[C@@H]1O. The van der Waals surface area contributed by atoms with Crippen LogP contribution in [0.1, 0.15) is 47.8 Å². The molecule has 308 valence electrons. The van der Waals surface area contributed by atoms with Crippen LogP contribution in [0.3, 0.4) is 0 Å². The van der Waals surface area contributed by atoms with Crippen LogP contribution in [0.15, 0.2) is 97.1 Å². The van der Waals surface area contributed by atoms with Gasteiger partial charge in [0, 0.05) is 11.3 Å². The van der Waals surface area contributed by atoms with Crippen molar-refractivity contribution < 1.29 is 74.1 Å². The molecule has 0 aliphatic carbocycles. The molecule has 7 rings (SSSR count). The molecule has 3 aliphatic heterocycles. The third-order valence-electron chi connectivity index (χ3n) is 11.2. The van der Waals surface area contributed by atoms with E-state index in [0.29, 0.717) is 33.5 Å². The Hall–Kier alpha value is -4.85. The van der Waals surface area contributed by atoms with E-state index in [-0.39, 0.29) is 24.5 Å². The number of hydrogen-bond acceptors (Lipinski definition) is 13. The van der Waals surface area contributed by atoms with Crippen LogP contribution in [-0.4, -0.2) is 120 Å². The predicted molar refractivity (Wildman–Crippen MR) is 200 cm³/mol. The number of carboxylic acids is 1. The van der Waals surface area contributed by atoms with Crippen LogP contribution in [0.25, 0.3) is 11.1 Å². The van der Waals surface area contributed by atoms with Crippen LogP contribution >= 0.6 is 0 Å². The molecule has 0 saturated carbocycles. The van der Waals surface area contributed by atoms with E-state index in [1.807, 2.05) is 0 Å². The first kappa shape index (κ1) is 41.3. The van der Waals surface area contributed by atoms with Crippen LogP contribution in [-0.2, 0) is 23.8 Å². The highest BCUT2D eigenvalue weighted by atomic mass is 19.1. The number of carbonyl (C=O) groups excluding carboxylic acids is 1. The quantitative estimate of drug-likeness (QED) is 0.0929. The number of carbonyl (C=O) groups is 2. The van der Waals surface area contributed by atoms with Crippen LogP contribution in [0.2, 0.25) is 0 Å². The first-order valence-corrected chi connectivity index (χ1v) is 18.7. The lowest BCUT2D eigenvalue weighted by Crippen LogP contribution is -2.60. The molecule has 0 radical (unpaired) electrons. The molecule has 16 heteroatoms. The second-order valence-electron chi connectivity index (χ2n) is 14.7. The Kier molecular flexibility index (Phi) is 12.2. The molecule has 4 aromatic rings. The molecule has 4 aromatic carbocycles. The number of aliphatic carboxylic acids is 1. The van der Waals surface area contributed by atoms with Crippen molar-refractivity contribution in [2.75, 3.05) is 11.5 Å². The van der Waals surface area contributed by atoms with Gasteiger partial charge in [-0.3, -0.25) is 4.79 Å². The Morgan fingerprint density at radius 2 is 1.43 bits per heavy atom. The van der Waals surface area contributed by atoms with Gasteiger partial charge < -0.3 is 65.1 Å². The van der Waals surface area contributed by atoms with Gasteiger partial charge in [0.05, 0.1) is 24.7 Å². The van der Waals surface area contributed by atoms with Gasteiger partial charge in [0.1, 0.15) is 60.4 Å². The molecular formula is C42H44FNO14. The lowest BCUT2D eigenvalue weighted by Gasteiger charge is -2.48. The fourth-order valence-corrected chi connectivity index (χ4v) is 7.93. The number of β-lactam (4-membered cyclic amide) rings is 1. The summed E-state index contributed by atoms with van der Waals surface area (Å²) in [5.74, 6) is -3.24. The second kappa shape index (κ2) is 17.2. The van der Waals surface area contributed by atoms with Crippen LogP contribution in [0.5, 0.6) is 5.75 Å². The number of nitrogens with zero attached hydrogens (tertiary/aromatic N) is 1. The zero-order chi connectivity index (χ0) is 41.4. The average molecular weight is 806 g/mol. The monoisotopic (exact) mass is 805 g/mol. The third-order valence-corrected chi connectivity index (χ3v) is 11.2. The Bertz CT molecular complexity index is 2050. The van der Waals surface area contributed by atoms with Gasteiger partial charge in [-0.15, -0.1) is 0 Å². The van der Waals surface area contributed by atoms with E-state index in [4.69, 9.17) is 14.2 Å². The van der Waals surface area contributed by atoms with Gasteiger partial charge in [-0.1, -0.05) is 66.7 Å². The van der Waals surface area contributed by atoms with E-state index < -0.39 is 97.7 Å². The first-order chi connectivity index (χ1) is 27.8. The van der Waals surface area contributed by atoms with Crippen molar-refractivity contribution in [3.05, 3.63) is 120 Å². The van der Waals surface area contributed by atoms with Crippen LogP contribution in [0, 0.1) is 11.7 Å². The van der Waals surface area contributed by atoms with Gasteiger partial charge in [0.15, 0.2) is 12.4 Å². The van der Waals surface area contributed by atoms with Crippen molar-refractivity contribution >= 4 is 17.6 Å². The van der Waals surface area contributed by atoms with Gasteiger partial charge in [-0.25, -0.2) is 9.18 Å². The smallest absolute Gasteiger partial charge is 0.335 e. The van der Waals surface area contributed by atoms with E-state index in [1.165, 1.54) is 24.3 Å². The van der Waals surface area contributed by atoms with E-state index in [1.54, 1.807) is 77.7 Å². The topological polar surface area (TPSA) is 247 Å². The van der Waals surface area contributed by atoms with Gasteiger partial charge in [0.25, 0.3) is 0 Å². The van der Waals surface area contributed by atoms with Crippen molar-refractivity contribution in [2.45, 2.75) is 86.2 Å². The van der Waals surface area contributed by atoms with Crippen molar-refractivity contribution in [3.8, 4) is 16.9 Å². The summed E-state index contributed by atoms with van der Waals surface area (Å²) in [6.07, 6.45) is -16.7. The summed E-state index contributed by atoms with van der Waals surface area (Å²) < 4.78 is 31.0. The molecule has 0 spiro atoms. The van der Waals surface area contributed by atoms with Gasteiger partial charge in [-0.2, -0.15) is 0 Å². The highest BCUT2D eigenvalue weighted by molar-refractivity contribution is 6.03. The number of ether oxygens (including phenoxy) is 3. The normalized spacial score (nSPS) is 31.7.